The van der Waals surface area contributed by atoms with Gasteiger partial charge in [0.05, 0.1) is 17.1 Å². The lowest BCUT2D eigenvalue weighted by Gasteiger charge is -2.22. The average molecular weight is 522 g/mol. The van der Waals surface area contributed by atoms with Crippen LogP contribution in [0.4, 0.5) is 0 Å². The third kappa shape index (κ3) is 7.10. The van der Waals surface area contributed by atoms with Crippen molar-refractivity contribution in [2.45, 2.75) is 66.2 Å². The third-order valence-electron chi connectivity index (χ3n) is 5.91. The molecule has 6 nitrogen and oxygen atoms in total. The number of ether oxygens (including phenoxy) is 2. The number of allylic oxidation sites excluding steroid dienone is 1. The number of aliphatic imine (C=N–C) groups is 1. The van der Waals surface area contributed by atoms with E-state index in [1.807, 2.05) is 56.3 Å². The van der Waals surface area contributed by atoms with E-state index in [0.717, 1.165) is 11.1 Å². The molecule has 0 aliphatic carbocycles. The van der Waals surface area contributed by atoms with Gasteiger partial charge in [0, 0.05) is 32.3 Å². The highest BCUT2D eigenvalue weighted by molar-refractivity contribution is 6.33. The third-order valence-corrected chi connectivity index (χ3v) is 6.36. The van der Waals surface area contributed by atoms with Gasteiger partial charge in [-0.1, -0.05) is 87.0 Å². The van der Waals surface area contributed by atoms with Gasteiger partial charge in [0.1, 0.15) is 5.69 Å². The Kier molecular flexibility index (Phi) is 9.33. The Bertz CT molecular complexity index is 1270. The van der Waals surface area contributed by atoms with Gasteiger partial charge in [0.15, 0.2) is 5.76 Å². The lowest BCUT2D eigenvalue weighted by molar-refractivity contribution is -0.163. The second-order valence-corrected chi connectivity index (χ2v) is 10.2. The fourth-order valence-corrected chi connectivity index (χ4v) is 4.20. The molecule has 0 spiro atoms. The maximum atomic E-state index is 12.6. The van der Waals surface area contributed by atoms with Crippen molar-refractivity contribution in [2.24, 2.45) is 4.99 Å². The first kappa shape index (κ1) is 28.2. The highest BCUT2D eigenvalue weighted by Crippen LogP contribution is 2.35. The highest BCUT2D eigenvalue weighted by atomic mass is 35.5. The number of halogens is 1. The smallest absolute Gasteiger partial charge is 0.313 e. The normalized spacial score (nSPS) is 13.4. The van der Waals surface area contributed by atoms with Gasteiger partial charge < -0.3 is 9.47 Å². The van der Waals surface area contributed by atoms with Gasteiger partial charge in [-0.3, -0.25) is 14.5 Å². The summed E-state index contributed by atoms with van der Waals surface area (Å²) in [6.07, 6.45) is 1.01. The fourth-order valence-electron chi connectivity index (χ4n) is 3.97. The predicted octanol–water partition coefficient (Wildman–Crippen LogP) is 6.88. The summed E-state index contributed by atoms with van der Waals surface area (Å²) in [6, 6.07) is 17.7. The van der Waals surface area contributed by atoms with E-state index in [0.29, 0.717) is 34.3 Å². The van der Waals surface area contributed by atoms with Gasteiger partial charge in [0.25, 0.3) is 0 Å². The molecule has 37 heavy (non-hydrogen) atoms. The molecule has 2 aromatic carbocycles. The SMILES string of the molecule is CCn1nc(C)c(Cl)c1/C(OC(C)OC(=O)Cc1ccccc1)=C(\C=NC)c1ccc(C(C)(C)C)cc1. The molecule has 0 fully saturated rings. The Morgan fingerprint density at radius 1 is 1.11 bits per heavy atom. The average Bonchev–Trinajstić information content (AvgIpc) is 3.14. The Morgan fingerprint density at radius 2 is 1.76 bits per heavy atom. The van der Waals surface area contributed by atoms with Crippen molar-refractivity contribution in [3.8, 4) is 0 Å². The summed E-state index contributed by atoms with van der Waals surface area (Å²) in [5, 5.41) is 5.05. The quantitative estimate of drug-likeness (QED) is 0.133. The van der Waals surface area contributed by atoms with E-state index in [2.05, 4.69) is 43.0 Å². The number of carbonyl (C=O) groups excluding carboxylic acids is 1. The minimum absolute atomic E-state index is 0.0172. The number of hydrogen-bond acceptors (Lipinski definition) is 5. The first-order valence-electron chi connectivity index (χ1n) is 12.5. The van der Waals surface area contributed by atoms with Crippen molar-refractivity contribution >= 4 is 35.1 Å². The summed E-state index contributed by atoms with van der Waals surface area (Å²) in [5.74, 6) is 0.0612. The summed E-state index contributed by atoms with van der Waals surface area (Å²) in [7, 11) is 1.70. The van der Waals surface area contributed by atoms with Gasteiger partial charge in [-0.15, -0.1) is 0 Å². The zero-order valence-corrected chi connectivity index (χ0v) is 23.5. The Morgan fingerprint density at radius 3 is 2.32 bits per heavy atom. The highest BCUT2D eigenvalue weighted by Gasteiger charge is 2.25. The summed E-state index contributed by atoms with van der Waals surface area (Å²) in [6.45, 7) is 12.6. The second-order valence-electron chi connectivity index (χ2n) is 9.86. The van der Waals surface area contributed by atoms with E-state index < -0.39 is 6.29 Å². The van der Waals surface area contributed by atoms with Gasteiger partial charge >= 0.3 is 5.97 Å². The molecule has 0 aliphatic rings. The van der Waals surface area contributed by atoms with E-state index in [9.17, 15) is 4.79 Å². The van der Waals surface area contributed by atoms with Crippen LogP contribution in [0, 0.1) is 6.92 Å². The molecule has 3 aromatic rings. The first-order valence-corrected chi connectivity index (χ1v) is 12.8. The molecule has 0 radical (unpaired) electrons. The molecule has 1 atom stereocenters. The van der Waals surface area contributed by atoms with Crippen LogP contribution in [0.5, 0.6) is 0 Å². The lowest BCUT2D eigenvalue weighted by Crippen LogP contribution is -2.20. The Hall–Kier alpha value is -3.38. The van der Waals surface area contributed by atoms with Crippen molar-refractivity contribution in [1.82, 2.24) is 9.78 Å². The van der Waals surface area contributed by atoms with Crippen LogP contribution < -0.4 is 0 Å². The summed E-state index contributed by atoms with van der Waals surface area (Å²) in [4.78, 5) is 16.9. The number of nitrogens with zero attached hydrogens (tertiary/aromatic N) is 3. The van der Waals surface area contributed by atoms with Crippen molar-refractivity contribution in [3.05, 3.63) is 87.7 Å². The van der Waals surface area contributed by atoms with Gasteiger partial charge in [-0.25, -0.2) is 0 Å². The van der Waals surface area contributed by atoms with Crippen LogP contribution in [0.3, 0.4) is 0 Å². The van der Waals surface area contributed by atoms with Crippen LogP contribution in [0.15, 0.2) is 59.6 Å². The van der Waals surface area contributed by atoms with Gasteiger partial charge in [-0.05, 0) is 36.0 Å². The molecular weight excluding hydrogens is 486 g/mol. The number of esters is 1. The monoisotopic (exact) mass is 521 g/mol. The largest absolute Gasteiger partial charge is 0.452 e. The van der Waals surface area contributed by atoms with Crippen LogP contribution >= 0.6 is 11.6 Å². The van der Waals surface area contributed by atoms with Crippen molar-refractivity contribution in [3.63, 3.8) is 0 Å². The van der Waals surface area contributed by atoms with E-state index in [-0.39, 0.29) is 17.8 Å². The molecule has 7 heteroatoms. The van der Waals surface area contributed by atoms with Gasteiger partial charge in [0.2, 0.25) is 6.29 Å². The van der Waals surface area contributed by atoms with E-state index >= 15 is 0 Å². The van der Waals surface area contributed by atoms with Crippen LogP contribution in [0.2, 0.25) is 5.02 Å². The van der Waals surface area contributed by atoms with Crippen molar-refractivity contribution < 1.29 is 14.3 Å². The maximum Gasteiger partial charge on any atom is 0.313 e. The minimum atomic E-state index is -0.878. The molecule has 0 bridgehead atoms. The number of aromatic nitrogens is 2. The summed E-state index contributed by atoms with van der Waals surface area (Å²) >= 11 is 6.75. The van der Waals surface area contributed by atoms with Crippen LogP contribution in [0.25, 0.3) is 11.3 Å². The molecule has 0 N–H and O–H groups in total. The number of aryl methyl sites for hydroxylation is 2. The standard InChI is InChI=1S/C30H36ClN3O3/c1-8-34-28(27(31)20(2)33-34)29(37-21(3)36-26(35)18-22-12-10-9-11-13-22)25(19-32-7)23-14-16-24(17-15-23)30(4,5)6/h9-17,19,21H,8,18H2,1-7H3/b29-25-,32-19?. The maximum absolute atomic E-state index is 12.6. The molecule has 0 saturated heterocycles. The number of hydrogen-bond donors (Lipinski definition) is 0. The van der Waals surface area contributed by atoms with Gasteiger partial charge in [-0.2, -0.15) is 5.10 Å². The van der Waals surface area contributed by atoms with E-state index in [4.69, 9.17) is 21.1 Å². The van der Waals surface area contributed by atoms with Crippen molar-refractivity contribution in [2.75, 3.05) is 7.05 Å². The summed E-state index contributed by atoms with van der Waals surface area (Å²) < 4.78 is 13.8. The second kappa shape index (κ2) is 12.2. The topological polar surface area (TPSA) is 65.7 Å². The zero-order valence-electron chi connectivity index (χ0n) is 22.7. The lowest BCUT2D eigenvalue weighted by atomic mass is 9.86. The first-order chi connectivity index (χ1) is 17.5. The molecule has 1 heterocycles. The fraction of sp³-hybridized carbons (Fsp3) is 0.367. The molecule has 1 unspecified atom stereocenters. The molecule has 0 aliphatic heterocycles. The van der Waals surface area contributed by atoms with Crippen LogP contribution in [0.1, 0.15) is 62.7 Å². The Balaban J connectivity index is 2.05. The van der Waals surface area contributed by atoms with E-state index in [1.165, 1.54) is 5.56 Å². The summed E-state index contributed by atoms with van der Waals surface area (Å²) in [5.41, 5.74) is 5.01. The zero-order chi connectivity index (χ0) is 27.2. The van der Waals surface area contributed by atoms with Crippen molar-refractivity contribution in [1.29, 1.82) is 0 Å². The number of benzene rings is 2. The minimum Gasteiger partial charge on any atom is -0.452 e. The number of carbonyl (C=O) groups is 1. The molecule has 3 rings (SSSR count). The van der Waals surface area contributed by atoms with Crippen LogP contribution in [-0.2, 0) is 32.6 Å². The van der Waals surface area contributed by atoms with E-state index in [1.54, 1.807) is 24.9 Å². The Labute approximate surface area is 225 Å². The van der Waals surface area contributed by atoms with Crippen LogP contribution in [-0.4, -0.2) is 35.3 Å². The molecule has 196 valence electrons. The number of rotatable bonds is 9. The molecular formula is C30H36ClN3O3. The molecule has 0 saturated carbocycles. The molecule has 0 amide bonds. The molecule has 1 aromatic heterocycles. The predicted molar refractivity (Wildman–Crippen MR) is 151 cm³/mol.